The highest BCUT2D eigenvalue weighted by Crippen LogP contribution is 2.26. The van der Waals surface area contributed by atoms with E-state index < -0.39 is 0 Å². The number of benzene rings is 1. The third kappa shape index (κ3) is 2.56. The van der Waals surface area contributed by atoms with Gasteiger partial charge in [0.2, 0.25) is 0 Å². The minimum Gasteiger partial charge on any atom is -0.490 e. The molecule has 1 aromatic rings. The van der Waals surface area contributed by atoms with Crippen LogP contribution in [0.3, 0.4) is 0 Å². The molecule has 2 rings (SSSR count). The molecule has 0 saturated heterocycles. The lowest BCUT2D eigenvalue weighted by molar-refractivity contribution is 0.189. The fourth-order valence-electron chi connectivity index (χ4n) is 2.35. The first-order valence-corrected chi connectivity index (χ1v) is 6.32. The second kappa shape index (κ2) is 5.35. The zero-order valence-corrected chi connectivity index (χ0v) is 10.0. The molecule has 0 heterocycles. The molecule has 88 valence electrons. The molecular weight excluding hydrogens is 198 g/mol. The van der Waals surface area contributed by atoms with Crippen LogP contribution in [-0.2, 0) is 12.8 Å². The highest BCUT2D eigenvalue weighted by Gasteiger charge is 2.13. The van der Waals surface area contributed by atoms with E-state index in [2.05, 4.69) is 25.1 Å². The summed E-state index contributed by atoms with van der Waals surface area (Å²) in [7, 11) is 0. The predicted octanol–water partition coefficient (Wildman–Crippen LogP) is 2.68. The zero-order valence-electron chi connectivity index (χ0n) is 10.0. The Balaban J connectivity index is 2.04. The van der Waals surface area contributed by atoms with Gasteiger partial charge in [-0.3, -0.25) is 0 Å². The quantitative estimate of drug-likeness (QED) is 0.826. The molecule has 0 radical (unpaired) electrons. The lowest BCUT2D eigenvalue weighted by atomic mass is 10.1. The lowest BCUT2D eigenvalue weighted by Crippen LogP contribution is -2.19. The summed E-state index contributed by atoms with van der Waals surface area (Å²) in [5.74, 6) is 1.01. The molecule has 0 amide bonds. The Bertz CT molecular complexity index is 349. The van der Waals surface area contributed by atoms with Crippen LogP contribution in [0.1, 0.15) is 37.3 Å². The normalized spacial score (nSPS) is 15.9. The molecule has 0 aromatic heterocycles. The summed E-state index contributed by atoms with van der Waals surface area (Å²) >= 11 is 0. The van der Waals surface area contributed by atoms with Gasteiger partial charge in [-0.25, -0.2) is 0 Å². The van der Waals surface area contributed by atoms with Gasteiger partial charge in [-0.1, -0.05) is 13.0 Å². The number of nitrogens with two attached hydrogens (primary N) is 1. The number of hydrogen-bond donors (Lipinski definition) is 1. The van der Waals surface area contributed by atoms with Crippen LogP contribution in [0.2, 0.25) is 0 Å². The summed E-state index contributed by atoms with van der Waals surface area (Å²) in [5, 5.41) is 0. The third-order valence-electron chi connectivity index (χ3n) is 3.32. The van der Waals surface area contributed by atoms with Crippen LogP contribution >= 0.6 is 0 Å². The van der Waals surface area contributed by atoms with E-state index >= 15 is 0 Å². The molecule has 1 atom stereocenters. The Hall–Kier alpha value is -1.02. The number of ether oxygens (including phenoxy) is 1. The van der Waals surface area contributed by atoms with Crippen molar-refractivity contribution in [2.24, 2.45) is 5.73 Å². The van der Waals surface area contributed by atoms with Gasteiger partial charge in [-0.05, 0) is 61.9 Å². The van der Waals surface area contributed by atoms with E-state index in [1.54, 1.807) is 0 Å². The van der Waals surface area contributed by atoms with Crippen LogP contribution < -0.4 is 10.5 Å². The summed E-state index contributed by atoms with van der Waals surface area (Å²) < 4.78 is 5.95. The van der Waals surface area contributed by atoms with Crippen molar-refractivity contribution in [1.82, 2.24) is 0 Å². The van der Waals surface area contributed by atoms with Crippen LogP contribution in [0.15, 0.2) is 18.2 Å². The van der Waals surface area contributed by atoms with Gasteiger partial charge in [-0.2, -0.15) is 0 Å². The molecule has 16 heavy (non-hydrogen) atoms. The number of aryl methyl sites for hydroxylation is 2. The molecule has 0 saturated carbocycles. The maximum Gasteiger partial charge on any atom is 0.120 e. The molecular formula is C14H21NO. The molecule has 1 aromatic carbocycles. The van der Waals surface area contributed by atoms with Crippen molar-refractivity contribution < 1.29 is 4.74 Å². The topological polar surface area (TPSA) is 35.2 Å². The van der Waals surface area contributed by atoms with Gasteiger partial charge < -0.3 is 10.5 Å². The zero-order chi connectivity index (χ0) is 11.4. The van der Waals surface area contributed by atoms with Crippen molar-refractivity contribution >= 4 is 0 Å². The highest BCUT2D eigenvalue weighted by molar-refractivity contribution is 5.38. The van der Waals surface area contributed by atoms with Crippen LogP contribution in [0.25, 0.3) is 0 Å². The van der Waals surface area contributed by atoms with Crippen molar-refractivity contribution in [3.8, 4) is 5.75 Å². The summed E-state index contributed by atoms with van der Waals surface area (Å²) in [4.78, 5) is 0. The number of fused-ring (bicyclic) bond motifs is 1. The van der Waals surface area contributed by atoms with E-state index in [4.69, 9.17) is 10.5 Å². The summed E-state index contributed by atoms with van der Waals surface area (Å²) in [6.45, 7) is 2.84. The molecule has 0 spiro atoms. The maximum atomic E-state index is 5.95. The number of hydrogen-bond acceptors (Lipinski definition) is 2. The van der Waals surface area contributed by atoms with Crippen molar-refractivity contribution in [3.63, 3.8) is 0 Å². The Morgan fingerprint density at radius 1 is 1.31 bits per heavy atom. The smallest absolute Gasteiger partial charge is 0.120 e. The average Bonchev–Trinajstić information content (AvgIpc) is 2.75. The van der Waals surface area contributed by atoms with E-state index in [9.17, 15) is 0 Å². The molecule has 0 fully saturated rings. The largest absolute Gasteiger partial charge is 0.490 e. The Morgan fingerprint density at radius 3 is 2.88 bits per heavy atom. The second-order valence-electron chi connectivity index (χ2n) is 4.51. The maximum absolute atomic E-state index is 5.95. The first-order valence-electron chi connectivity index (χ1n) is 6.32. The van der Waals surface area contributed by atoms with Crippen LogP contribution in [0.5, 0.6) is 5.75 Å². The molecule has 1 unspecified atom stereocenters. The van der Waals surface area contributed by atoms with Crippen molar-refractivity contribution in [3.05, 3.63) is 29.3 Å². The molecule has 2 heteroatoms. The van der Waals surface area contributed by atoms with Crippen molar-refractivity contribution in [2.45, 2.75) is 45.1 Å². The molecule has 2 nitrogen and oxygen atoms in total. The second-order valence-corrected chi connectivity index (χ2v) is 4.51. The molecule has 2 N–H and O–H groups in total. The predicted molar refractivity (Wildman–Crippen MR) is 66.8 cm³/mol. The Morgan fingerprint density at radius 2 is 2.12 bits per heavy atom. The van der Waals surface area contributed by atoms with Crippen LogP contribution in [-0.4, -0.2) is 12.6 Å². The Kier molecular flexibility index (Phi) is 3.83. The summed E-state index contributed by atoms with van der Waals surface area (Å²) in [5.41, 5.74) is 8.54. The minimum atomic E-state index is 0.268. The fourth-order valence-corrected chi connectivity index (χ4v) is 2.35. The molecule has 0 aliphatic heterocycles. The monoisotopic (exact) mass is 219 g/mol. The average molecular weight is 219 g/mol. The van der Waals surface area contributed by atoms with E-state index in [1.807, 2.05) is 0 Å². The summed E-state index contributed by atoms with van der Waals surface area (Å²) in [6, 6.07) is 6.53. The van der Waals surface area contributed by atoms with E-state index in [1.165, 1.54) is 30.4 Å². The fraction of sp³-hybridized carbons (Fsp3) is 0.571. The van der Waals surface area contributed by atoms with Gasteiger partial charge in [0.1, 0.15) is 5.75 Å². The standard InChI is InChI=1S/C14H21NO/c1-2-13(8-9-15)16-14-7-6-11-4-3-5-12(11)10-14/h6-7,10,13H,2-5,8-9,15H2,1H3. The first-order chi connectivity index (χ1) is 7.83. The van der Waals surface area contributed by atoms with Gasteiger partial charge in [0.25, 0.3) is 0 Å². The van der Waals surface area contributed by atoms with E-state index in [0.29, 0.717) is 6.54 Å². The highest BCUT2D eigenvalue weighted by atomic mass is 16.5. The SMILES string of the molecule is CCC(CCN)Oc1ccc2c(c1)CCC2. The minimum absolute atomic E-state index is 0.268. The van der Waals surface area contributed by atoms with Crippen molar-refractivity contribution in [1.29, 1.82) is 0 Å². The van der Waals surface area contributed by atoms with Gasteiger partial charge in [0.05, 0.1) is 6.10 Å². The van der Waals surface area contributed by atoms with E-state index in [0.717, 1.165) is 18.6 Å². The van der Waals surface area contributed by atoms with Crippen LogP contribution in [0.4, 0.5) is 0 Å². The lowest BCUT2D eigenvalue weighted by Gasteiger charge is -2.17. The van der Waals surface area contributed by atoms with Gasteiger partial charge in [-0.15, -0.1) is 0 Å². The first kappa shape index (κ1) is 11.5. The van der Waals surface area contributed by atoms with Crippen molar-refractivity contribution in [2.75, 3.05) is 6.54 Å². The third-order valence-corrected chi connectivity index (χ3v) is 3.32. The molecule has 0 bridgehead atoms. The van der Waals surface area contributed by atoms with E-state index in [-0.39, 0.29) is 6.10 Å². The molecule has 1 aliphatic rings. The number of rotatable bonds is 5. The Labute approximate surface area is 97.8 Å². The van der Waals surface area contributed by atoms with Gasteiger partial charge in [0, 0.05) is 0 Å². The van der Waals surface area contributed by atoms with Gasteiger partial charge >= 0.3 is 0 Å². The van der Waals surface area contributed by atoms with Gasteiger partial charge in [0.15, 0.2) is 0 Å². The summed E-state index contributed by atoms with van der Waals surface area (Å²) in [6.07, 6.45) is 5.96. The van der Waals surface area contributed by atoms with Crippen LogP contribution in [0, 0.1) is 0 Å². The molecule has 1 aliphatic carbocycles.